The lowest BCUT2D eigenvalue weighted by Gasteiger charge is -2.44. The van der Waals surface area contributed by atoms with Crippen molar-refractivity contribution in [2.24, 2.45) is 17.3 Å². The van der Waals surface area contributed by atoms with Gasteiger partial charge in [-0.25, -0.2) is 0 Å². The zero-order chi connectivity index (χ0) is 17.3. The molecule has 1 atom stereocenters. The highest BCUT2D eigenvalue weighted by Crippen LogP contribution is 2.56. The summed E-state index contributed by atoms with van der Waals surface area (Å²) < 4.78 is 0. The number of tetrazole rings is 1. The molecule has 3 fully saturated rings. The molecule has 1 aromatic heterocycles. The van der Waals surface area contributed by atoms with Crippen molar-refractivity contribution in [1.82, 2.24) is 30.8 Å². The van der Waals surface area contributed by atoms with Crippen molar-refractivity contribution in [3.05, 3.63) is 6.33 Å². The number of hydrogen-bond acceptors (Lipinski definition) is 5. The first kappa shape index (κ1) is 16.5. The fraction of sp³-hybridized carbons (Fsp3) is 0.824. The molecule has 8 nitrogen and oxygen atoms in total. The van der Waals surface area contributed by atoms with Crippen LogP contribution in [0.2, 0.25) is 0 Å². The molecule has 2 N–H and O–H groups in total. The number of carbonyl (C=O) groups excluding carboxylic acids is 2. The van der Waals surface area contributed by atoms with Crippen LogP contribution in [0.1, 0.15) is 51.4 Å². The Morgan fingerprint density at radius 2 is 2.00 bits per heavy atom. The van der Waals surface area contributed by atoms with E-state index in [1.54, 1.807) is 0 Å². The van der Waals surface area contributed by atoms with E-state index in [9.17, 15) is 9.59 Å². The molecular formula is C17H26N6O2. The first-order valence-corrected chi connectivity index (χ1v) is 9.42. The number of rotatable bonds is 6. The molecule has 0 bridgehead atoms. The Kier molecular flexibility index (Phi) is 4.43. The van der Waals surface area contributed by atoms with Crippen LogP contribution in [0.5, 0.6) is 0 Å². The lowest BCUT2D eigenvalue weighted by Crippen LogP contribution is -2.51. The van der Waals surface area contributed by atoms with Gasteiger partial charge >= 0.3 is 0 Å². The third-order valence-corrected chi connectivity index (χ3v) is 6.42. The molecule has 1 aromatic rings. The molecule has 4 rings (SSSR count). The largest absolute Gasteiger partial charge is 0.354 e. The maximum absolute atomic E-state index is 12.6. The first-order chi connectivity index (χ1) is 12.1. The molecule has 1 spiro atoms. The van der Waals surface area contributed by atoms with Crippen LogP contribution in [0.4, 0.5) is 0 Å². The van der Waals surface area contributed by atoms with Gasteiger partial charge < -0.3 is 10.6 Å². The van der Waals surface area contributed by atoms with Gasteiger partial charge in [-0.1, -0.05) is 12.8 Å². The summed E-state index contributed by atoms with van der Waals surface area (Å²) >= 11 is 0. The third-order valence-electron chi connectivity index (χ3n) is 6.42. The van der Waals surface area contributed by atoms with E-state index >= 15 is 0 Å². The molecule has 1 heterocycles. The summed E-state index contributed by atoms with van der Waals surface area (Å²) in [6, 6.07) is 0.282. The number of carbonyl (C=O) groups is 2. The van der Waals surface area contributed by atoms with E-state index in [2.05, 4.69) is 26.0 Å². The molecule has 3 aliphatic rings. The zero-order valence-electron chi connectivity index (χ0n) is 14.5. The number of amides is 2. The van der Waals surface area contributed by atoms with Crippen LogP contribution in [0.15, 0.2) is 6.33 Å². The second-order valence-electron chi connectivity index (χ2n) is 7.97. The van der Waals surface area contributed by atoms with Gasteiger partial charge in [0, 0.05) is 18.5 Å². The van der Waals surface area contributed by atoms with Gasteiger partial charge in [0.1, 0.15) is 6.54 Å². The molecule has 2 amide bonds. The Hall–Kier alpha value is -1.99. The van der Waals surface area contributed by atoms with Crippen LogP contribution >= 0.6 is 0 Å². The van der Waals surface area contributed by atoms with Gasteiger partial charge in [-0.05, 0) is 55.1 Å². The summed E-state index contributed by atoms with van der Waals surface area (Å²) in [5, 5.41) is 17.2. The standard InChI is InChI=1S/C17H26N6O2/c24-15(10-23-20-11-19-22-23)18-9-12-7-13(8-12)21-16(25)14-3-1-4-17(14)5-2-6-17/h11-14H,1-10H2,(H,18,24)(H,21,25). The Bertz CT molecular complexity index is 621. The fourth-order valence-electron chi connectivity index (χ4n) is 4.80. The van der Waals surface area contributed by atoms with E-state index in [4.69, 9.17) is 0 Å². The minimum Gasteiger partial charge on any atom is -0.354 e. The second kappa shape index (κ2) is 6.72. The summed E-state index contributed by atoms with van der Waals surface area (Å²) in [5.41, 5.74) is 0.344. The molecule has 0 aliphatic heterocycles. The molecule has 0 radical (unpaired) electrons. The second-order valence-corrected chi connectivity index (χ2v) is 7.97. The normalized spacial score (nSPS) is 29.7. The maximum atomic E-state index is 12.6. The molecule has 0 aromatic carbocycles. The minimum atomic E-state index is -0.108. The van der Waals surface area contributed by atoms with Crippen molar-refractivity contribution in [2.75, 3.05) is 6.54 Å². The summed E-state index contributed by atoms with van der Waals surface area (Å²) in [4.78, 5) is 25.7. The smallest absolute Gasteiger partial charge is 0.243 e. The van der Waals surface area contributed by atoms with Gasteiger partial charge in [-0.2, -0.15) is 4.80 Å². The van der Waals surface area contributed by atoms with Crippen LogP contribution in [0, 0.1) is 17.3 Å². The van der Waals surface area contributed by atoms with E-state index in [1.807, 2.05) is 0 Å². The van der Waals surface area contributed by atoms with E-state index in [1.165, 1.54) is 43.2 Å². The van der Waals surface area contributed by atoms with Gasteiger partial charge in [-0.15, -0.1) is 10.2 Å². The average Bonchev–Trinajstić information content (AvgIpc) is 3.17. The molecule has 3 aliphatic carbocycles. The molecule has 3 saturated carbocycles. The first-order valence-electron chi connectivity index (χ1n) is 9.42. The van der Waals surface area contributed by atoms with Gasteiger partial charge in [0.2, 0.25) is 11.8 Å². The summed E-state index contributed by atoms with van der Waals surface area (Å²) in [6.45, 7) is 0.740. The van der Waals surface area contributed by atoms with Crippen molar-refractivity contribution >= 4 is 11.8 Å². The Morgan fingerprint density at radius 3 is 2.68 bits per heavy atom. The average molecular weight is 346 g/mol. The van der Waals surface area contributed by atoms with Crippen molar-refractivity contribution < 1.29 is 9.59 Å². The lowest BCUT2D eigenvalue weighted by molar-refractivity contribution is -0.132. The number of aromatic nitrogens is 4. The Morgan fingerprint density at radius 1 is 1.20 bits per heavy atom. The highest BCUT2D eigenvalue weighted by molar-refractivity contribution is 5.80. The Balaban J connectivity index is 1.14. The molecule has 8 heteroatoms. The van der Waals surface area contributed by atoms with E-state index in [0.717, 1.165) is 19.3 Å². The number of nitrogens with one attached hydrogen (secondary N) is 2. The third kappa shape index (κ3) is 3.39. The van der Waals surface area contributed by atoms with E-state index in [0.29, 0.717) is 17.9 Å². The topological polar surface area (TPSA) is 102 Å². The van der Waals surface area contributed by atoms with E-state index < -0.39 is 0 Å². The van der Waals surface area contributed by atoms with Gasteiger partial charge in [0.05, 0.1) is 0 Å². The molecule has 136 valence electrons. The van der Waals surface area contributed by atoms with Crippen molar-refractivity contribution in [3.8, 4) is 0 Å². The summed E-state index contributed by atoms with van der Waals surface area (Å²) in [6.07, 6.45) is 10.5. The van der Waals surface area contributed by atoms with Crippen LogP contribution < -0.4 is 10.6 Å². The maximum Gasteiger partial charge on any atom is 0.243 e. The summed E-state index contributed by atoms with van der Waals surface area (Å²) in [5.74, 6) is 0.861. The van der Waals surface area contributed by atoms with Gasteiger partial charge in [0.25, 0.3) is 0 Å². The lowest BCUT2D eigenvalue weighted by atomic mass is 9.62. The van der Waals surface area contributed by atoms with Crippen molar-refractivity contribution in [3.63, 3.8) is 0 Å². The fourth-order valence-corrected chi connectivity index (χ4v) is 4.80. The van der Waals surface area contributed by atoms with Crippen LogP contribution in [-0.4, -0.2) is 44.6 Å². The zero-order valence-corrected chi connectivity index (χ0v) is 14.5. The van der Waals surface area contributed by atoms with E-state index in [-0.39, 0.29) is 30.3 Å². The van der Waals surface area contributed by atoms with Crippen molar-refractivity contribution in [2.45, 2.75) is 64.0 Å². The van der Waals surface area contributed by atoms with Gasteiger partial charge in [0.15, 0.2) is 6.33 Å². The molecule has 1 unspecified atom stereocenters. The minimum absolute atomic E-state index is 0.0939. The number of hydrogen-bond donors (Lipinski definition) is 2. The van der Waals surface area contributed by atoms with Crippen LogP contribution in [0.25, 0.3) is 0 Å². The Labute approximate surface area is 147 Å². The molecule has 0 saturated heterocycles. The predicted octanol–water partition coefficient (Wildman–Crippen LogP) is 0.654. The van der Waals surface area contributed by atoms with Crippen molar-refractivity contribution in [1.29, 1.82) is 0 Å². The molecular weight excluding hydrogens is 320 g/mol. The predicted molar refractivity (Wildman–Crippen MR) is 89.1 cm³/mol. The highest BCUT2D eigenvalue weighted by atomic mass is 16.2. The van der Waals surface area contributed by atoms with Crippen LogP contribution in [0.3, 0.4) is 0 Å². The van der Waals surface area contributed by atoms with Gasteiger partial charge in [-0.3, -0.25) is 9.59 Å². The quantitative estimate of drug-likeness (QED) is 0.788. The SMILES string of the molecule is O=C(Cn1ncnn1)NCC1CC(NC(=O)C2CCCC23CCC3)C1. The molecule has 25 heavy (non-hydrogen) atoms. The van der Waals surface area contributed by atoms with Crippen LogP contribution in [-0.2, 0) is 16.1 Å². The highest BCUT2D eigenvalue weighted by Gasteiger charge is 2.50. The monoisotopic (exact) mass is 346 g/mol. The number of nitrogens with zero attached hydrogens (tertiary/aromatic N) is 4. The summed E-state index contributed by atoms with van der Waals surface area (Å²) in [7, 11) is 0.